The first kappa shape index (κ1) is 16.5. The topological polar surface area (TPSA) is 88.1 Å². The lowest BCUT2D eigenvalue weighted by atomic mass is 10.0. The summed E-state index contributed by atoms with van der Waals surface area (Å²) in [6, 6.07) is 11.1. The normalized spacial score (nSPS) is 11.3. The zero-order valence-electron chi connectivity index (χ0n) is 12.4. The first-order valence-electron chi connectivity index (χ1n) is 6.94. The number of ether oxygens (including phenoxy) is 1. The molecule has 2 N–H and O–H groups in total. The Bertz CT molecular complexity index is 905. The van der Waals surface area contributed by atoms with Crippen molar-refractivity contribution in [3.8, 4) is 22.8 Å². The van der Waals surface area contributed by atoms with E-state index in [1.807, 2.05) is 0 Å². The Balaban J connectivity index is 1.83. The molecule has 0 atom stereocenters. The summed E-state index contributed by atoms with van der Waals surface area (Å²) in [7, 11) is 0. The molecule has 0 radical (unpaired) electrons. The standard InChI is InChI=1S/C16H10F3N3O3/c17-16(18,19)11-3-1-2-10(8-11)9-4-6-12(7-5-9)25-14-13(15(23)24)20-22-21-14/h1-8H,(H,23,24)(H,20,21,22). The molecule has 3 rings (SSSR count). The number of halogens is 3. The maximum Gasteiger partial charge on any atom is 0.416 e. The van der Waals surface area contributed by atoms with E-state index in [4.69, 9.17) is 9.84 Å². The molecule has 25 heavy (non-hydrogen) atoms. The van der Waals surface area contributed by atoms with Gasteiger partial charge in [-0.25, -0.2) is 9.89 Å². The second-order valence-electron chi connectivity index (χ2n) is 5.00. The number of hydrogen-bond donors (Lipinski definition) is 2. The molecule has 1 heterocycles. The number of aromatic nitrogens is 3. The van der Waals surface area contributed by atoms with Crippen LogP contribution >= 0.6 is 0 Å². The van der Waals surface area contributed by atoms with Crippen LogP contribution in [-0.4, -0.2) is 26.5 Å². The summed E-state index contributed by atoms with van der Waals surface area (Å²) in [5.41, 5.74) is -0.155. The predicted octanol–water partition coefficient (Wildman–Crippen LogP) is 3.98. The van der Waals surface area contributed by atoms with Crippen LogP contribution in [-0.2, 0) is 6.18 Å². The molecule has 2 aromatic carbocycles. The third kappa shape index (κ3) is 3.60. The van der Waals surface area contributed by atoms with Gasteiger partial charge in [-0.2, -0.15) is 13.2 Å². The lowest BCUT2D eigenvalue weighted by Gasteiger charge is -2.09. The molecule has 1 aromatic heterocycles. The average Bonchev–Trinajstić information content (AvgIpc) is 3.03. The van der Waals surface area contributed by atoms with Crippen LogP contribution in [0.25, 0.3) is 11.1 Å². The second kappa shape index (κ2) is 6.27. The first-order valence-corrected chi connectivity index (χ1v) is 6.94. The molecule has 0 saturated carbocycles. The van der Waals surface area contributed by atoms with Crippen LogP contribution in [0.4, 0.5) is 13.2 Å². The maximum absolute atomic E-state index is 12.8. The highest BCUT2D eigenvalue weighted by molar-refractivity contribution is 5.87. The van der Waals surface area contributed by atoms with Crippen molar-refractivity contribution in [1.29, 1.82) is 0 Å². The zero-order valence-corrected chi connectivity index (χ0v) is 12.4. The van der Waals surface area contributed by atoms with E-state index in [0.29, 0.717) is 11.1 Å². The molecule has 0 aliphatic carbocycles. The lowest BCUT2D eigenvalue weighted by molar-refractivity contribution is -0.137. The number of nitrogens with one attached hydrogen (secondary N) is 1. The number of benzene rings is 2. The van der Waals surface area contributed by atoms with E-state index < -0.39 is 17.7 Å². The van der Waals surface area contributed by atoms with Crippen molar-refractivity contribution in [3.63, 3.8) is 0 Å². The number of carboxylic acids is 1. The summed E-state index contributed by atoms with van der Waals surface area (Å²) in [4.78, 5) is 10.9. The van der Waals surface area contributed by atoms with Gasteiger partial charge in [0, 0.05) is 0 Å². The van der Waals surface area contributed by atoms with Gasteiger partial charge in [-0.3, -0.25) is 0 Å². The van der Waals surface area contributed by atoms with Crippen LogP contribution in [0.2, 0.25) is 0 Å². The van der Waals surface area contributed by atoms with E-state index in [1.165, 1.54) is 18.2 Å². The van der Waals surface area contributed by atoms with E-state index in [2.05, 4.69) is 15.4 Å². The van der Waals surface area contributed by atoms with Crippen molar-refractivity contribution in [2.75, 3.05) is 0 Å². The number of aromatic amines is 1. The number of hydrogen-bond acceptors (Lipinski definition) is 4. The number of alkyl halides is 3. The Morgan fingerprint density at radius 2 is 1.80 bits per heavy atom. The number of rotatable bonds is 4. The first-order chi connectivity index (χ1) is 11.8. The van der Waals surface area contributed by atoms with E-state index in [0.717, 1.165) is 12.1 Å². The summed E-state index contributed by atoms with van der Waals surface area (Å²) in [6.07, 6.45) is -4.42. The van der Waals surface area contributed by atoms with Crippen molar-refractivity contribution in [2.45, 2.75) is 6.18 Å². The van der Waals surface area contributed by atoms with Crippen LogP contribution in [0.1, 0.15) is 16.1 Å². The number of nitrogens with zero attached hydrogens (tertiary/aromatic N) is 2. The average molecular weight is 349 g/mol. The van der Waals surface area contributed by atoms with E-state index >= 15 is 0 Å². The van der Waals surface area contributed by atoms with Gasteiger partial charge in [0.25, 0.3) is 5.88 Å². The highest BCUT2D eigenvalue weighted by Crippen LogP contribution is 2.33. The lowest BCUT2D eigenvalue weighted by Crippen LogP contribution is -2.04. The number of H-pyrrole nitrogens is 1. The van der Waals surface area contributed by atoms with Gasteiger partial charge in [-0.15, -0.1) is 5.10 Å². The monoisotopic (exact) mass is 349 g/mol. The number of carbonyl (C=O) groups is 1. The van der Waals surface area contributed by atoms with Crippen LogP contribution in [0.15, 0.2) is 48.5 Å². The highest BCUT2D eigenvalue weighted by atomic mass is 19.4. The minimum atomic E-state index is -4.42. The Morgan fingerprint density at radius 3 is 2.44 bits per heavy atom. The molecule has 6 nitrogen and oxygen atoms in total. The minimum Gasteiger partial charge on any atom is -0.476 e. The molecular formula is C16H10F3N3O3. The van der Waals surface area contributed by atoms with Crippen LogP contribution in [0, 0.1) is 0 Å². The van der Waals surface area contributed by atoms with Crippen molar-refractivity contribution in [3.05, 3.63) is 59.8 Å². The van der Waals surface area contributed by atoms with Crippen LogP contribution < -0.4 is 4.74 Å². The molecule has 0 saturated heterocycles. The third-order valence-corrected chi connectivity index (χ3v) is 3.32. The molecule has 3 aromatic rings. The van der Waals surface area contributed by atoms with E-state index in [9.17, 15) is 18.0 Å². The van der Waals surface area contributed by atoms with Crippen LogP contribution in [0.5, 0.6) is 11.6 Å². The molecule has 0 spiro atoms. The smallest absolute Gasteiger partial charge is 0.416 e. The van der Waals surface area contributed by atoms with Crippen molar-refractivity contribution in [2.24, 2.45) is 0 Å². The van der Waals surface area contributed by atoms with E-state index in [-0.39, 0.29) is 17.3 Å². The molecule has 128 valence electrons. The van der Waals surface area contributed by atoms with Gasteiger partial charge >= 0.3 is 12.1 Å². The van der Waals surface area contributed by atoms with Crippen molar-refractivity contribution < 1.29 is 27.8 Å². The molecular weight excluding hydrogens is 339 g/mol. The highest BCUT2D eigenvalue weighted by Gasteiger charge is 2.30. The van der Waals surface area contributed by atoms with Crippen LogP contribution in [0.3, 0.4) is 0 Å². The Kier molecular flexibility index (Phi) is 4.14. The summed E-state index contributed by atoms with van der Waals surface area (Å²) in [5.74, 6) is -1.16. The SMILES string of the molecule is O=C(O)c1nn[nH]c1Oc1ccc(-c2cccc(C(F)(F)F)c2)cc1. The Hall–Kier alpha value is -3.36. The minimum absolute atomic E-state index is 0.140. The summed E-state index contributed by atoms with van der Waals surface area (Å²) >= 11 is 0. The van der Waals surface area contributed by atoms with Crippen molar-refractivity contribution >= 4 is 5.97 Å². The Labute approximate surface area is 138 Å². The largest absolute Gasteiger partial charge is 0.476 e. The zero-order chi connectivity index (χ0) is 18.0. The molecule has 0 bridgehead atoms. The van der Waals surface area contributed by atoms with Gasteiger partial charge < -0.3 is 9.84 Å². The summed E-state index contributed by atoms with van der Waals surface area (Å²) in [5, 5.41) is 18.0. The second-order valence-corrected chi connectivity index (χ2v) is 5.00. The fraction of sp³-hybridized carbons (Fsp3) is 0.0625. The molecule has 0 aliphatic heterocycles. The van der Waals surface area contributed by atoms with Gasteiger partial charge in [-0.05, 0) is 35.4 Å². The molecule has 0 amide bonds. The number of carboxylic acid groups (broad SMARTS) is 1. The predicted molar refractivity (Wildman–Crippen MR) is 80.3 cm³/mol. The third-order valence-electron chi connectivity index (χ3n) is 3.32. The quantitative estimate of drug-likeness (QED) is 0.744. The number of aromatic carboxylic acids is 1. The molecule has 0 aliphatic rings. The fourth-order valence-corrected chi connectivity index (χ4v) is 2.14. The molecule has 0 unspecified atom stereocenters. The fourth-order valence-electron chi connectivity index (χ4n) is 2.14. The maximum atomic E-state index is 12.8. The van der Waals surface area contributed by atoms with Gasteiger partial charge in [0.15, 0.2) is 0 Å². The van der Waals surface area contributed by atoms with Gasteiger partial charge in [0.1, 0.15) is 5.75 Å². The van der Waals surface area contributed by atoms with Gasteiger partial charge in [-0.1, -0.05) is 29.5 Å². The van der Waals surface area contributed by atoms with Gasteiger partial charge in [0.05, 0.1) is 5.56 Å². The van der Waals surface area contributed by atoms with Crippen molar-refractivity contribution in [1.82, 2.24) is 15.4 Å². The Morgan fingerprint density at radius 1 is 1.08 bits per heavy atom. The molecule has 9 heteroatoms. The summed E-state index contributed by atoms with van der Waals surface area (Å²) in [6.45, 7) is 0. The molecule has 0 fully saturated rings. The van der Waals surface area contributed by atoms with Gasteiger partial charge in [0.2, 0.25) is 5.69 Å². The van der Waals surface area contributed by atoms with E-state index in [1.54, 1.807) is 18.2 Å². The summed E-state index contributed by atoms with van der Waals surface area (Å²) < 4.78 is 43.7.